The summed E-state index contributed by atoms with van der Waals surface area (Å²) in [5, 5.41) is 12.6. The number of nitrogens with one attached hydrogen (secondary N) is 1. The van der Waals surface area contributed by atoms with Gasteiger partial charge in [0.05, 0.1) is 24.4 Å². The summed E-state index contributed by atoms with van der Waals surface area (Å²) in [5.74, 6) is 1.03. The van der Waals surface area contributed by atoms with Crippen LogP contribution in [0.5, 0.6) is 5.75 Å². The lowest BCUT2D eigenvalue weighted by molar-refractivity contribution is 0.243. The fourth-order valence-electron chi connectivity index (χ4n) is 1.62. The maximum Gasteiger partial charge on any atom is 0.144 e. The maximum absolute atomic E-state index is 9.31. The number of nitrogen functional groups attached to an aromatic ring is 1. The zero-order valence-electron chi connectivity index (χ0n) is 11.6. The Kier molecular flexibility index (Phi) is 5.28. The number of aliphatic hydroxyl groups excluding tert-OH is 1. The zero-order valence-corrected chi connectivity index (χ0v) is 11.6. The molecule has 1 unspecified atom stereocenters. The smallest absolute Gasteiger partial charge is 0.144 e. The van der Waals surface area contributed by atoms with Crippen LogP contribution in [0.2, 0.25) is 0 Å². The zero-order chi connectivity index (χ0) is 13.7. The average molecular weight is 252 g/mol. The van der Waals surface area contributed by atoms with E-state index in [2.05, 4.69) is 19.2 Å². The van der Waals surface area contributed by atoms with Crippen LogP contribution in [-0.2, 0) is 0 Å². The van der Waals surface area contributed by atoms with E-state index in [4.69, 9.17) is 10.5 Å². The second-order valence-corrected chi connectivity index (χ2v) is 5.10. The number of rotatable bonds is 6. The van der Waals surface area contributed by atoms with Crippen LogP contribution in [0.15, 0.2) is 18.2 Å². The number of ether oxygens (including phenoxy) is 1. The molecule has 4 N–H and O–H groups in total. The first-order valence-corrected chi connectivity index (χ1v) is 6.37. The van der Waals surface area contributed by atoms with Crippen molar-refractivity contribution in [2.24, 2.45) is 5.92 Å². The Labute approximate surface area is 109 Å². The Bertz CT molecular complexity index is 378. The molecule has 1 aromatic rings. The number of anilines is 2. The van der Waals surface area contributed by atoms with Crippen molar-refractivity contribution in [3.63, 3.8) is 0 Å². The Morgan fingerprint density at radius 1 is 1.28 bits per heavy atom. The van der Waals surface area contributed by atoms with Crippen molar-refractivity contribution in [3.8, 4) is 5.75 Å². The summed E-state index contributed by atoms with van der Waals surface area (Å²) in [6.07, 6.45) is 0.0845. The molecule has 0 saturated heterocycles. The molecule has 18 heavy (non-hydrogen) atoms. The predicted octanol–water partition coefficient (Wildman–Crippen LogP) is 2.48. The van der Waals surface area contributed by atoms with Gasteiger partial charge in [0.25, 0.3) is 0 Å². The van der Waals surface area contributed by atoms with Gasteiger partial charge in [-0.15, -0.1) is 0 Å². The lowest BCUT2D eigenvalue weighted by Crippen LogP contribution is -2.29. The predicted molar refractivity (Wildman–Crippen MR) is 76.0 cm³/mol. The molecular weight excluding hydrogens is 228 g/mol. The molecular formula is C14H24N2O2. The van der Waals surface area contributed by atoms with Gasteiger partial charge in [0.1, 0.15) is 5.75 Å². The molecule has 0 amide bonds. The van der Waals surface area contributed by atoms with Crippen LogP contribution in [0, 0.1) is 5.92 Å². The molecule has 102 valence electrons. The van der Waals surface area contributed by atoms with Crippen molar-refractivity contribution in [3.05, 3.63) is 18.2 Å². The quantitative estimate of drug-likeness (QED) is 0.680. The van der Waals surface area contributed by atoms with E-state index in [0.29, 0.717) is 17.4 Å². The first-order chi connectivity index (χ1) is 8.43. The first kappa shape index (κ1) is 14.6. The SMILES string of the molecule is CC(C)Oc1cc(NC(CO)C(C)C)ccc1N. The van der Waals surface area contributed by atoms with Gasteiger partial charge in [-0.1, -0.05) is 13.8 Å². The van der Waals surface area contributed by atoms with E-state index in [1.807, 2.05) is 32.0 Å². The molecule has 4 heteroatoms. The summed E-state index contributed by atoms with van der Waals surface area (Å²) in [7, 11) is 0. The fourth-order valence-corrected chi connectivity index (χ4v) is 1.62. The van der Waals surface area contributed by atoms with Gasteiger partial charge in [-0.2, -0.15) is 0 Å². The molecule has 1 rings (SSSR count). The Hall–Kier alpha value is -1.42. The number of hydrogen-bond acceptors (Lipinski definition) is 4. The Balaban J connectivity index is 2.84. The highest BCUT2D eigenvalue weighted by atomic mass is 16.5. The molecule has 0 aliphatic carbocycles. The third-order valence-electron chi connectivity index (χ3n) is 2.73. The van der Waals surface area contributed by atoms with Gasteiger partial charge in [0, 0.05) is 11.8 Å². The summed E-state index contributed by atoms with van der Waals surface area (Å²) in [4.78, 5) is 0. The van der Waals surface area contributed by atoms with Crippen molar-refractivity contribution in [2.45, 2.75) is 39.8 Å². The normalized spacial score (nSPS) is 12.8. The molecule has 0 radical (unpaired) electrons. The molecule has 1 aromatic carbocycles. The number of nitrogens with two attached hydrogens (primary N) is 1. The second-order valence-electron chi connectivity index (χ2n) is 5.10. The van der Waals surface area contributed by atoms with E-state index >= 15 is 0 Å². The summed E-state index contributed by atoms with van der Waals surface area (Å²) in [6.45, 7) is 8.16. The molecule has 0 spiro atoms. The van der Waals surface area contributed by atoms with Crippen molar-refractivity contribution >= 4 is 11.4 Å². The van der Waals surface area contributed by atoms with Crippen molar-refractivity contribution in [1.82, 2.24) is 0 Å². The van der Waals surface area contributed by atoms with Crippen LogP contribution in [0.25, 0.3) is 0 Å². The van der Waals surface area contributed by atoms with Gasteiger partial charge in [0.15, 0.2) is 0 Å². The van der Waals surface area contributed by atoms with E-state index in [1.54, 1.807) is 0 Å². The highest BCUT2D eigenvalue weighted by Gasteiger charge is 2.12. The van der Waals surface area contributed by atoms with Crippen LogP contribution in [0.3, 0.4) is 0 Å². The van der Waals surface area contributed by atoms with Crippen LogP contribution >= 0.6 is 0 Å². The Morgan fingerprint density at radius 3 is 2.44 bits per heavy atom. The molecule has 4 nitrogen and oxygen atoms in total. The van der Waals surface area contributed by atoms with Gasteiger partial charge < -0.3 is 20.9 Å². The lowest BCUT2D eigenvalue weighted by atomic mass is 10.1. The molecule has 0 aliphatic heterocycles. The van der Waals surface area contributed by atoms with Crippen LogP contribution in [0.1, 0.15) is 27.7 Å². The van der Waals surface area contributed by atoms with E-state index in [1.165, 1.54) is 0 Å². The molecule has 0 aliphatic rings. The van der Waals surface area contributed by atoms with Crippen molar-refractivity contribution in [1.29, 1.82) is 0 Å². The van der Waals surface area contributed by atoms with Gasteiger partial charge in [-0.05, 0) is 31.9 Å². The molecule has 0 bridgehead atoms. The first-order valence-electron chi connectivity index (χ1n) is 6.37. The molecule has 0 aromatic heterocycles. The summed E-state index contributed by atoms with van der Waals surface area (Å²) < 4.78 is 5.63. The van der Waals surface area contributed by atoms with E-state index < -0.39 is 0 Å². The van der Waals surface area contributed by atoms with Crippen molar-refractivity contribution < 1.29 is 9.84 Å². The average Bonchev–Trinajstić information content (AvgIpc) is 2.29. The topological polar surface area (TPSA) is 67.5 Å². The molecule has 1 atom stereocenters. The minimum atomic E-state index is 0.0283. The summed E-state index contributed by atoms with van der Waals surface area (Å²) in [6, 6.07) is 5.61. The third-order valence-corrected chi connectivity index (χ3v) is 2.73. The minimum absolute atomic E-state index is 0.0283. The van der Waals surface area contributed by atoms with E-state index in [-0.39, 0.29) is 18.8 Å². The number of hydrogen-bond donors (Lipinski definition) is 3. The highest BCUT2D eigenvalue weighted by molar-refractivity contribution is 5.61. The fraction of sp³-hybridized carbons (Fsp3) is 0.571. The molecule has 0 fully saturated rings. The molecule has 0 saturated carbocycles. The highest BCUT2D eigenvalue weighted by Crippen LogP contribution is 2.27. The Morgan fingerprint density at radius 2 is 1.94 bits per heavy atom. The summed E-state index contributed by atoms with van der Waals surface area (Å²) in [5.41, 5.74) is 7.39. The summed E-state index contributed by atoms with van der Waals surface area (Å²) >= 11 is 0. The lowest BCUT2D eigenvalue weighted by Gasteiger charge is -2.22. The van der Waals surface area contributed by atoms with E-state index in [0.717, 1.165) is 5.69 Å². The third kappa shape index (κ3) is 4.11. The van der Waals surface area contributed by atoms with E-state index in [9.17, 15) is 5.11 Å². The maximum atomic E-state index is 9.31. The van der Waals surface area contributed by atoms with Crippen LogP contribution < -0.4 is 15.8 Å². The number of benzene rings is 1. The van der Waals surface area contributed by atoms with Gasteiger partial charge >= 0.3 is 0 Å². The largest absolute Gasteiger partial charge is 0.489 e. The van der Waals surface area contributed by atoms with Gasteiger partial charge in [0.2, 0.25) is 0 Å². The van der Waals surface area contributed by atoms with Crippen LogP contribution in [-0.4, -0.2) is 23.9 Å². The minimum Gasteiger partial charge on any atom is -0.489 e. The monoisotopic (exact) mass is 252 g/mol. The molecule has 0 heterocycles. The van der Waals surface area contributed by atoms with Crippen LogP contribution in [0.4, 0.5) is 11.4 Å². The standard InChI is InChI=1S/C14H24N2O2/c1-9(2)13(8-17)16-11-5-6-12(15)14(7-11)18-10(3)4/h5-7,9-10,13,16-17H,8,15H2,1-4H3. The van der Waals surface area contributed by atoms with Gasteiger partial charge in [-0.25, -0.2) is 0 Å². The van der Waals surface area contributed by atoms with Gasteiger partial charge in [-0.3, -0.25) is 0 Å². The number of aliphatic hydroxyl groups is 1. The second kappa shape index (κ2) is 6.50. The van der Waals surface area contributed by atoms with Crippen molar-refractivity contribution in [2.75, 3.05) is 17.7 Å².